The van der Waals surface area contributed by atoms with Crippen LogP contribution in [0.3, 0.4) is 0 Å². The van der Waals surface area contributed by atoms with Crippen LogP contribution in [0.5, 0.6) is 0 Å². The summed E-state index contributed by atoms with van der Waals surface area (Å²) >= 11 is 1.34. The zero-order valence-corrected chi connectivity index (χ0v) is 24.3. The van der Waals surface area contributed by atoms with Crippen molar-refractivity contribution in [2.75, 3.05) is 26.2 Å². The molecule has 6 nitrogen and oxygen atoms in total. The number of allylic oxidation sites excluding steroid dienone is 4. The fourth-order valence-corrected chi connectivity index (χ4v) is 5.95. The number of nitrogens with one attached hydrogen (secondary N) is 2. The molecule has 3 aliphatic heterocycles. The summed E-state index contributed by atoms with van der Waals surface area (Å²) in [6.45, 7) is 12.1. The molecule has 2 atom stereocenters. The minimum absolute atomic E-state index is 0.100. The van der Waals surface area contributed by atoms with Crippen LogP contribution >= 0.6 is 11.9 Å². The molecular formula is C30H43FN4O2S. The number of nitrogens with zero attached hydrogens (tertiary/aromatic N) is 2. The summed E-state index contributed by atoms with van der Waals surface area (Å²) in [5.41, 5.74) is 2.58. The van der Waals surface area contributed by atoms with E-state index in [0.717, 1.165) is 31.4 Å². The largest absolute Gasteiger partial charge is 0.357 e. The van der Waals surface area contributed by atoms with Crippen molar-refractivity contribution in [1.82, 2.24) is 14.9 Å². The highest BCUT2D eigenvalue weighted by Gasteiger charge is 2.41. The number of Topliss-reactive ketones (excluding diaryl/α,β-unsaturated/α-hetero) is 2. The maximum Gasteiger partial charge on any atom is 0.199 e. The molecule has 4 aliphatic rings. The summed E-state index contributed by atoms with van der Waals surface area (Å²) < 4.78 is 18.2. The monoisotopic (exact) mass is 542 g/mol. The van der Waals surface area contributed by atoms with Crippen LogP contribution in [0.25, 0.3) is 0 Å². The zero-order valence-electron chi connectivity index (χ0n) is 23.5. The van der Waals surface area contributed by atoms with Gasteiger partial charge in [0.05, 0.1) is 18.7 Å². The van der Waals surface area contributed by atoms with Crippen LogP contribution in [-0.2, 0) is 9.59 Å². The van der Waals surface area contributed by atoms with Gasteiger partial charge in [0, 0.05) is 36.3 Å². The Morgan fingerprint density at radius 3 is 2.66 bits per heavy atom. The van der Waals surface area contributed by atoms with Crippen molar-refractivity contribution in [2.24, 2.45) is 10.9 Å². The molecule has 4 rings (SSSR count). The summed E-state index contributed by atoms with van der Waals surface area (Å²) in [4.78, 5) is 32.8. The van der Waals surface area contributed by atoms with Crippen LogP contribution < -0.4 is 10.0 Å². The molecule has 38 heavy (non-hydrogen) atoms. The van der Waals surface area contributed by atoms with E-state index in [9.17, 15) is 9.59 Å². The van der Waals surface area contributed by atoms with Crippen LogP contribution in [0.4, 0.5) is 4.39 Å². The van der Waals surface area contributed by atoms with E-state index >= 15 is 4.39 Å². The minimum Gasteiger partial charge on any atom is -0.357 e. The molecule has 0 radical (unpaired) electrons. The third-order valence-electron chi connectivity index (χ3n) is 7.07. The second-order valence-corrected chi connectivity index (χ2v) is 10.7. The Bertz CT molecular complexity index is 1060. The van der Waals surface area contributed by atoms with Gasteiger partial charge in [0.2, 0.25) is 0 Å². The van der Waals surface area contributed by atoms with Gasteiger partial charge >= 0.3 is 0 Å². The Hall–Kier alpha value is -2.29. The van der Waals surface area contributed by atoms with Gasteiger partial charge in [-0.3, -0.25) is 19.3 Å². The molecule has 3 heterocycles. The predicted molar refractivity (Wildman–Crippen MR) is 157 cm³/mol. The van der Waals surface area contributed by atoms with E-state index in [2.05, 4.69) is 32.9 Å². The Morgan fingerprint density at radius 1 is 1.26 bits per heavy atom. The summed E-state index contributed by atoms with van der Waals surface area (Å²) in [7, 11) is 0. The molecule has 2 fully saturated rings. The quantitative estimate of drug-likeness (QED) is 0.137. The lowest BCUT2D eigenvalue weighted by atomic mass is 9.95. The fraction of sp³-hybridized carbons (Fsp3) is 0.567. The highest BCUT2D eigenvalue weighted by molar-refractivity contribution is 8.01. The van der Waals surface area contributed by atoms with Crippen molar-refractivity contribution < 1.29 is 14.0 Å². The molecule has 2 unspecified atom stereocenters. The molecule has 0 amide bonds. The lowest BCUT2D eigenvalue weighted by molar-refractivity contribution is -0.119. The highest BCUT2D eigenvalue weighted by atomic mass is 32.2. The third-order valence-corrected chi connectivity index (χ3v) is 7.99. The Kier molecular flexibility index (Phi) is 11.7. The summed E-state index contributed by atoms with van der Waals surface area (Å²) in [6, 6.07) is 0.779. The number of carbonyl (C=O) groups excluding carboxylic acids is 2. The first-order valence-corrected chi connectivity index (χ1v) is 14.9. The third kappa shape index (κ3) is 7.64. The van der Waals surface area contributed by atoms with E-state index in [4.69, 9.17) is 0 Å². The lowest BCUT2D eigenvalue weighted by Gasteiger charge is -2.28. The van der Waals surface area contributed by atoms with Crippen molar-refractivity contribution in [3.8, 4) is 0 Å². The van der Waals surface area contributed by atoms with Gasteiger partial charge in [-0.2, -0.15) is 0 Å². The van der Waals surface area contributed by atoms with E-state index in [0.29, 0.717) is 30.2 Å². The van der Waals surface area contributed by atoms with Gasteiger partial charge in [-0.05, 0) is 75.2 Å². The van der Waals surface area contributed by atoms with Crippen LogP contribution in [0.15, 0.2) is 62.4 Å². The van der Waals surface area contributed by atoms with Gasteiger partial charge in [-0.1, -0.05) is 45.4 Å². The number of carbonyl (C=O) groups is 2. The molecule has 1 saturated carbocycles. The predicted octanol–water partition coefficient (Wildman–Crippen LogP) is 5.61. The van der Waals surface area contributed by atoms with Crippen molar-refractivity contribution in [3.63, 3.8) is 0 Å². The maximum atomic E-state index is 15.1. The maximum absolute atomic E-state index is 15.1. The van der Waals surface area contributed by atoms with Crippen LogP contribution in [0.1, 0.15) is 66.7 Å². The average molecular weight is 543 g/mol. The van der Waals surface area contributed by atoms with E-state index in [-0.39, 0.29) is 35.2 Å². The normalized spacial score (nSPS) is 26.2. The minimum atomic E-state index is -0.493. The number of hydrogen-bond donors (Lipinski definition) is 2. The molecule has 1 saturated heterocycles. The van der Waals surface area contributed by atoms with Crippen molar-refractivity contribution in [3.05, 3.63) is 57.5 Å². The number of rotatable bonds is 8. The second-order valence-electron chi connectivity index (χ2n) is 9.79. The molecule has 0 aromatic rings. The van der Waals surface area contributed by atoms with Gasteiger partial charge in [-0.15, -0.1) is 0 Å². The summed E-state index contributed by atoms with van der Waals surface area (Å²) in [5.74, 6) is -1.34. The van der Waals surface area contributed by atoms with E-state index in [1.807, 2.05) is 33.8 Å². The van der Waals surface area contributed by atoms with Crippen LogP contribution in [0.2, 0.25) is 0 Å². The Labute approximate surface area is 231 Å². The lowest BCUT2D eigenvalue weighted by Crippen LogP contribution is -2.34. The van der Waals surface area contributed by atoms with E-state index in [1.54, 1.807) is 6.21 Å². The van der Waals surface area contributed by atoms with Gasteiger partial charge in [-0.25, -0.2) is 4.39 Å². The Morgan fingerprint density at radius 2 is 2.03 bits per heavy atom. The first kappa shape index (κ1) is 30.3. The first-order chi connectivity index (χ1) is 18.4. The molecular weight excluding hydrogens is 499 g/mol. The number of aliphatic imine (C=N–C) groups is 1. The van der Waals surface area contributed by atoms with Gasteiger partial charge in [0.1, 0.15) is 10.9 Å². The number of ketones is 2. The number of halogens is 1. The molecule has 8 heteroatoms. The summed E-state index contributed by atoms with van der Waals surface area (Å²) in [5, 5.41) is 4.20. The van der Waals surface area contributed by atoms with E-state index < -0.39 is 5.83 Å². The first-order valence-electron chi connectivity index (χ1n) is 14.1. The van der Waals surface area contributed by atoms with Gasteiger partial charge < -0.3 is 10.2 Å². The molecule has 2 N–H and O–H groups in total. The molecule has 0 bridgehead atoms. The van der Waals surface area contributed by atoms with Crippen LogP contribution in [-0.4, -0.2) is 60.9 Å². The summed E-state index contributed by atoms with van der Waals surface area (Å²) in [6.07, 6.45) is 14.0. The van der Waals surface area contributed by atoms with Crippen LogP contribution in [0, 0.1) is 5.92 Å². The van der Waals surface area contributed by atoms with Gasteiger partial charge in [0.25, 0.3) is 0 Å². The SMILES string of the molecule is C/C=C1/CN(C2CC2)C2=C(C(=O)CNS2)C(=O)/C1=C/C(F)=C/C(C)C=NC/C=C(\CC)C1CCCN1.CC. The fourth-order valence-electron chi connectivity index (χ4n) is 4.97. The van der Waals surface area contributed by atoms with E-state index in [1.165, 1.54) is 42.5 Å². The molecule has 1 aliphatic carbocycles. The highest BCUT2D eigenvalue weighted by Crippen LogP contribution is 2.41. The van der Waals surface area contributed by atoms with Crippen molar-refractivity contribution >= 4 is 29.7 Å². The number of hydrogen-bond acceptors (Lipinski definition) is 7. The molecule has 0 spiro atoms. The second kappa shape index (κ2) is 14.8. The smallest absolute Gasteiger partial charge is 0.199 e. The standard InChI is InChI=1S/C28H37FN4O2S.C2H6/c1-4-19(24-7-6-11-31-24)10-12-30-15-18(3)13-21(29)14-23-20(5-2)17-33(22-8-9-22)28-26(27(23)35)25(34)16-32-36-28;1-2/h5,10,13-15,18,22,24,31-32H,4,6-9,11-12,16-17H2,1-3H3;1-2H3/b19-10+,20-5-,21-13-,23-14+,30-15?;. The Balaban J connectivity index is 0.00000195. The molecule has 0 aromatic heterocycles. The zero-order chi connectivity index (χ0) is 27.7. The topological polar surface area (TPSA) is 73.8 Å². The molecule has 0 aromatic carbocycles. The van der Waals surface area contributed by atoms with Crippen molar-refractivity contribution in [2.45, 2.75) is 78.8 Å². The average Bonchev–Trinajstić information content (AvgIpc) is 3.63. The van der Waals surface area contributed by atoms with Gasteiger partial charge in [0.15, 0.2) is 11.6 Å². The van der Waals surface area contributed by atoms with Crippen molar-refractivity contribution in [1.29, 1.82) is 0 Å². The molecule has 208 valence electrons.